The molecule has 2 fully saturated rings. The lowest BCUT2D eigenvalue weighted by Crippen LogP contribution is -2.50. The number of hydrogen-bond acceptors (Lipinski definition) is 6. The van der Waals surface area contributed by atoms with Crippen LogP contribution in [0.25, 0.3) is 16.9 Å². The van der Waals surface area contributed by atoms with Gasteiger partial charge in [-0.3, -0.25) is 0 Å². The van der Waals surface area contributed by atoms with E-state index in [-0.39, 0.29) is 29.6 Å². The molecule has 3 aromatic rings. The zero-order chi connectivity index (χ0) is 24.7. The van der Waals surface area contributed by atoms with Gasteiger partial charge in [0.2, 0.25) is 5.89 Å². The number of rotatable bonds is 4. The minimum Gasteiger partial charge on any atom is -0.337 e. The topological polar surface area (TPSA) is 83.5 Å². The fraction of sp³-hybridized carbons (Fsp3) is 0.600. The van der Waals surface area contributed by atoms with E-state index in [4.69, 9.17) is 4.52 Å². The number of aromatic nitrogens is 4. The van der Waals surface area contributed by atoms with Crippen LogP contribution in [-0.4, -0.2) is 87.0 Å². The van der Waals surface area contributed by atoms with Gasteiger partial charge in [-0.1, -0.05) is 26.0 Å². The number of benzene rings is 1. The zero-order valence-electron chi connectivity index (χ0n) is 20.9. The molecule has 0 atom stereocenters. The summed E-state index contributed by atoms with van der Waals surface area (Å²) in [6.07, 6.45) is 3.88. The van der Waals surface area contributed by atoms with Crippen LogP contribution in [0, 0.1) is 5.82 Å². The molecule has 2 aromatic heterocycles. The average molecular weight is 484 g/mol. The number of hydrogen-bond donors (Lipinski definition) is 0. The van der Waals surface area contributed by atoms with Crippen molar-refractivity contribution in [3.8, 4) is 5.95 Å². The molecule has 2 amide bonds. The number of urea groups is 1. The van der Waals surface area contributed by atoms with E-state index >= 15 is 0 Å². The summed E-state index contributed by atoms with van der Waals surface area (Å²) < 4.78 is 21.8. The lowest BCUT2D eigenvalue weighted by atomic mass is 9.93. The summed E-state index contributed by atoms with van der Waals surface area (Å²) in [6, 6.07) is 5.62. The van der Waals surface area contributed by atoms with E-state index in [0.29, 0.717) is 17.4 Å². The van der Waals surface area contributed by atoms with E-state index in [0.717, 1.165) is 62.9 Å². The standard InChI is InChI=1S/C25H34FN7O2/c1-16(2)21-19-6-5-7-20(26)22(19)33(28-21)24-27-23(35-29-24)17-8-12-31(13-9-17)18-10-14-32(15-11-18)25(34)30(3)4/h5-7,16-18H,8-15H2,1-4H3. The SMILES string of the molecule is CC(C)c1nn(-c2noc(C3CCN(C4CCN(C(=O)N(C)C)CC4)CC3)n2)c2c(F)cccc12. The summed E-state index contributed by atoms with van der Waals surface area (Å²) in [6.45, 7) is 7.62. The monoisotopic (exact) mass is 483 g/mol. The molecular formula is C25H34FN7O2. The minimum absolute atomic E-state index is 0.0970. The summed E-state index contributed by atoms with van der Waals surface area (Å²) in [5, 5.41) is 9.58. The lowest BCUT2D eigenvalue weighted by molar-refractivity contribution is 0.0861. The Morgan fingerprint density at radius 1 is 1.11 bits per heavy atom. The first-order chi connectivity index (χ1) is 16.8. The summed E-state index contributed by atoms with van der Waals surface area (Å²) in [7, 11) is 3.60. The summed E-state index contributed by atoms with van der Waals surface area (Å²) in [4.78, 5) is 23.0. The molecule has 2 saturated heterocycles. The van der Waals surface area contributed by atoms with Crippen LogP contribution in [-0.2, 0) is 0 Å². The molecule has 1 aromatic carbocycles. The van der Waals surface area contributed by atoms with E-state index < -0.39 is 0 Å². The van der Waals surface area contributed by atoms with Crippen LogP contribution in [0.4, 0.5) is 9.18 Å². The Labute approximate surface area is 204 Å². The maximum Gasteiger partial charge on any atom is 0.319 e. The number of piperidine rings is 2. The zero-order valence-corrected chi connectivity index (χ0v) is 20.9. The Balaban J connectivity index is 1.24. The molecule has 10 heteroatoms. The fourth-order valence-electron chi connectivity index (χ4n) is 5.42. The molecule has 2 aliphatic heterocycles. The van der Waals surface area contributed by atoms with Gasteiger partial charge in [-0.15, -0.1) is 0 Å². The summed E-state index contributed by atoms with van der Waals surface area (Å²) in [5.41, 5.74) is 1.20. The Hall–Kier alpha value is -3.01. The van der Waals surface area contributed by atoms with Crippen LogP contribution in [0.15, 0.2) is 22.7 Å². The number of halogens is 1. The highest BCUT2D eigenvalue weighted by atomic mass is 19.1. The normalized spacial score (nSPS) is 18.6. The molecule has 0 radical (unpaired) electrons. The average Bonchev–Trinajstić information content (AvgIpc) is 3.50. The van der Waals surface area contributed by atoms with Gasteiger partial charge >= 0.3 is 6.03 Å². The van der Waals surface area contributed by atoms with E-state index in [9.17, 15) is 9.18 Å². The van der Waals surface area contributed by atoms with E-state index in [1.54, 1.807) is 25.1 Å². The number of carbonyl (C=O) groups excluding carboxylic acids is 1. The first-order valence-corrected chi connectivity index (χ1v) is 12.5. The van der Waals surface area contributed by atoms with Crippen LogP contribution in [0.1, 0.15) is 63.0 Å². The van der Waals surface area contributed by atoms with Crippen molar-refractivity contribution in [2.45, 2.75) is 57.4 Å². The molecule has 4 heterocycles. The Bertz CT molecular complexity index is 1190. The molecule has 0 N–H and O–H groups in total. The maximum atomic E-state index is 14.7. The second-order valence-corrected chi connectivity index (χ2v) is 10.2. The van der Waals surface area contributed by atoms with Crippen LogP contribution >= 0.6 is 0 Å². The van der Waals surface area contributed by atoms with Crippen molar-refractivity contribution in [3.63, 3.8) is 0 Å². The highest BCUT2D eigenvalue weighted by Crippen LogP contribution is 2.32. The third kappa shape index (κ3) is 4.51. The molecule has 0 bridgehead atoms. The number of likely N-dealkylation sites (tertiary alicyclic amines) is 2. The first kappa shape index (κ1) is 23.7. The molecule has 0 unspecified atom stereocenters. The van der Waals surface area contributed by atoms with Crippen LogP contribution in [0.2, 0.25) is 0 Å². The molecule has 188 valence electrons. The molecule has 0 saturated carbocycles. The van der Waals surface area contributed by atoms with Gasteiger partial charge < -0.3 is 19.2 Å². The Morgan fingerprint density at radius 2 is 1.83 bits per heavy atom. The molecule has 0 aliphatic carbocycles. The van der Waals surface area contributed by atoms with Gasteiger partial charge in [-0.25, -0.2) is 9.18 Å². The van der Waals surface area contributed by atoms with Gasteiger partial charge in [0.1, 0.15) is 11.3 Å². The summed E-state index contributed by atoms with van der Waals surface area (Å²) in [5.74, 6) is 0.850. The van der Waals surface area contributed by atoms with Crippen molar-refractivity contribution in [2.75, 3.05) is 40.3 Å². The number of nitrogens with zero attached hydrogens (tertiary/aromatic N) is 7. The molecular weight excluding hydrogens is 449 g/mol. The predicted octanol–water partition coefficient (Wildman–Crippen LogP) is 4.00. The predicted molar refractivity (Wildman–Crippen MR) is 130 cm³/mol. The van der Waals surface area contributed by atoms with Crippen molar-refractivity contribution in [3.05, 3.63) is 35.6 Å². The molecule has 35 heavy (non-hydrogen) atoms. The van der Waals surface area contributed by atoms with E-state index in [1.165, 1.54) is 10.7 Å². The summed E-state index contributed by atoms with van der Waals surface area (Å²) >= 11 is 0. The van der Waals surface area contributed by atoms with Crippen molar-refractivity contribution < 1.29 is 13.7 Å². The maximum absolute atomic E-state index is 14.7. The lowest BCUT2D eigenvalue weighted by Gasteiger charge is -2.41. The molecule has 0 spiro atoms. The highest BCUT2D eigenvalue weighted by molar-refractivity contribution is 5.84. The highest BCUT2D eigenvalue weighted by Gasteiger charge is 2.32. The number of amides is 2. The van der Waals surface area contributed by atoms with Crippen molar-refractivity contribution in [2.24, 2.45) is 0 Å². The van der Waals surface area contributed by atoms with E-state index in [2.05, 4.69) is 20.1 Å². The van der Waals surface area contributed by atoms with Gasteiger partial charge in [0.15, 0.2) is 0 Å². The molecule has 5 rings (SSSR count). The van der Waals surface area contributed by atoms with Gasteiger partial charge in [0, 0.05) is 44.5 Å². The number of fused-ring (bicyclic) bond motifs is 1. The van der Waals surface area contributed by atoms with Crippen LogP contribution in [0.3, 0.4) is 0 Å². The Kier molecular flexibility index (Phi) is 6.48. The number of para-hydroxylation sites is 1. The van der Waals surface area contributed by atoms with Gasteiger partial charge in [0.25, 0.3) is 5.95 Å². The van der Waals surface area contributed by atoms with Crippen LogP contribution in [0.5, 0.6) is 0 Å². The van der Waals surface area contributed by atoms with Gasteiger partial charge in [-0.2, -0.15) is 14.8 Å². The second-order valence-electron chi connectivity index (χ2n) is 10.2. The second kappa shape index (κ2) is 9.56. The molecule has 2 aliphatic rings. The minimum atomic E-state index is -0.347. The first-order valence-electron chi connectivity index (χ1n) is 12.5. The molecule has 9 nitrogen and oxygen atoms in total. The van der Waals surface area contributed by atoms with Crippen molar-refractivity contribution in [1.82, 2.24) is 34.6 Å². The van der Waals surface area contributed by atoms with Crippen molar-refractivity contribution in [1.29, 1.82) is 0 Å². The Morgan fingerprint density at radius 3 is 2.49 bits per heavy atom. The largest absolute Gasteiger partial charge is 0.337 e. The third-order valence-corrected chi connectivity index (χ3v) is 7.36. The third-order valence-electron chi connectivity index (χ3n) is 7.36. The van der Waals surface area contributed by atoms with Crippen molar-refractivity contribution >= 4 is 16.9 Å². The fourth-order valence-corrected chi connectivity index (χ4v) is 5.42. The quantitative estimate of drug-likeness (QED) is 0.558. The van der Waals surface area contributed by atoms with E-state index in [1.807, 2.05) is 24.8 Å². The smallest absolute Gasteiger partial charge is 0.319 e. The van der Waals surface area contributed by atoms with Gasteiger partial charge in [-0.05, 0) is 55.9 Å². The van der Waals surface area contributed by atoms with Gasteiger partial charge in [0.05, 0.1) is 5.69 Å². The van der Waals surface area contributed by atoms with Crippen LogP contribution < -0.4 is 0 Å². The number of carbonyl (C=O) groups is 1.